The van der Waals surface area contributed by atoms with E-state index in [9.17, 15) is 19.0 Å². The smallest absolute Gasteiger partial charge is 0.268 e. The fourth-order valence-electron chi connectivity index (χ4n) is 5.01. The number of nitrogens with zero attached hydrogens (tertiary/aromatic N) is 2. The number of carbonyl (C=O) groups excluding carboxylic acids is 2. The summed E-state index contributed by atoms with van der Waals surface area (Å²) in [6, 6.07) is 7.77. The summed E-state index contributed by atoms with van der Waals surface area (Å²) < 4.78 is 22.3. The molecule has 238 valence electrons. The first-order valence-corrected chi connectivity index (χ1v) is 17.6. The molecule has 1 unspecified atom stereocenters. The molecule has 0 bridgehead atoms. The van der Waals surface area contributed by atoms with E-state index < -0.39 is 7.82 Å². The molecule has 0 radical (unpaired) electrons. The Kier molecular flexibility index (Phi) is 17.5. The lowest BCUT2D eigenvalue weighted by atomic mass is 10.0. The topological polar surface area (TPSA) is 96.0 Å². The molecule has 2 rings (SSSR count). The molecule has 1 heterocycles. The summed E-state index contributed by atoms with van der Waals surface area (Å²) in [6.45, 7) is 0.983. The van der Waals surface area contributed by atoms with E-state index in [0.717, 1.165) is 25.7 Å². The molecule has 0 saturated carbocycles. The number of hydrogen-bond donors (Lipinski definition) is 0. The Bertz CT molecular complexity index is 971. The number of rotatable bonds is 25. The van der Waals surface area contributed by atoms with Crippen LogP contribution in [0.2, 0.25) is 0 Å². The summed E-state index contributed by atoms with van der Waals surface area (Å²) in [5.41, 5.74) is 1.89. The summed E-state index contributed by atoms with van der Waals surface area (Å²) in [4.78, 5) is 36.5. The molecule has 0 saturated heterocycles. The number of aryl methyl sites for hydroxylation is 1. The summed E-state index contributed by atoms with van der Waals surface area (Å²) in [5, 5.41) is 0. The van der Waals surface area contributed by atoms with Crippen molar-refractivity contribution >= 4 is 25.3 Å². The number of anilines is 1. The van der Waals surface area contributed by atoms with Gasteiger partial charge < -0.3 is 18.4 Å². The van der Waals surface area contributed by atoms with Gasteiger partial charge in [-0.25, -0.2) is 4.90 Å². The molecule has 0 aliphatic carbocycles. The molecule has 1 aliphatic rings. The third kappa shape index (κ3) is 16.7. The summed E-state index contributed by atoms with van der Waals surface area (Å²) in [5.74, 6) is -0.545. The molecule has 8 nitrogen and oxygen atoms in total. The van der Waals surface area contributed by atoms with Crippen LogP contribution in [0.3, 0.4) is 0 Å². The van der Waals surface area contributed by atoms with Crippen molar-refractivity contribution in [1.29, 1.82) is 0 Å². The highest BCUT2D eigenvalue weighted by Crippen LogP contribution is 2.38. The molecule has 2 amide bonds. The SMILES string of the molecule is C[N+](C)(C)CCOP(=O)([O-])OCCCCCCCCCCCCCCCCCCc1ccc(N2C(=O)C=CC2=O)cc1. The van der Waals surface area contributed by atoms with Crippen molar-refractivity contribution in [2.75, 3.05) is 45.8 Å². The Morgan fingerprint density at radius 1 is 0.643 bits per heavy atom. The van der Waals surface area contributed by atoms with Crippen molar-refractivity contribution in [2.45, 2.75) is 109 Å². The molecule has 0 fully saturated rings. The largest absolute Gasteiger partial charge is 0.756 e. The van der Waals surface area contributed by atoms with Gasteiger partial charge in [-0.2, -0.15) is 0 Å². The van der Waals surface area contributed by atoms with Gasteiger partial charge in [0.15, 0.2) is 0 Å². The molecule has 0 N–H and O–H groups in total. The fourth-order valence-corrected chi connectivity index (χ4v) is 5.75. The highest BCUT2D eigenvalue weighted by molar-refractivity contribution is 7.45. The first-order chi connectivity index (χ1) is 20.1. The second kappa shape index (κ2) is 20.2. The zero-order valence-corrected chi connectivity index (χ0v) is 27.3. The van der Waals surface area contributed by atoms with Gasteiger partial charge in [-0.1, -0.05) is 102 Å². The Morgan fingerprint density at radius 3 is 1.50 bits per heavy atom. The number of quaternary nitrogens is 1. The minimum atomic E-state index is -4.16. The van der Waals surface area contributed by atoms with Crippen LogP contribution in [0.25, 0.3) is 0 Å². The lowest BCUT2D eigenvalue weighted by Crippen LogP contribution is -2.37. The Balaban J connectivity index is 1.30. The third-order valence-electron chi connectivity index (χ3n) is 7.62. The summed E-state index contributed by atoms with van der Waals surface area (Å²) in [7, 11) is 1.80. The van der Waals surface area contributed by atoms with E-state index in [1.165, 1.54) is 106 Å². The van der Waals surface area contributed by atoms with Crippen molar-refractivity contribution in [1.82, 2.24) is 0 Å². The van der Waals surface area contributed by atoms with Gasteiger partial charge in [-0.3, -0.25) is 14.2 Å². The van der Waals surface area contributed by atoms with Gasteiger partial charge in [0.2, 0.25) is 0 Å². The molecular weight excluding hydrogens is 551 g/mol. The van der Waals surface area contributed by atoms with Gasteiger partial charge in [-0.05, 0) is 37.0 Å². The maximum atomic E-state index is 11.8. The van der Waals surface area contributed by atoms with Gasteiger partial charge in [0.05, 0.1) is 33.4 Å². The number of imide groups is 1. The van der Waals surface area contributed by atoms with Gasteiger partial charge in [0, 0.05) is 12.2 Å². The van der Waals surface area contributed by atoms with Gasteiger partial charge in [0.1, 0.15) is 13.2 Å². The zero-order valence-electron chi connectivity index (χ0n) is 26.4. The van der Waals surface area contributed by atoms with Gasteiger partial charge in [-0.15, -0.1) is 0 Å². The molecule has 1 aliphatic heterocycles. The maximum absolute atomic E-state index is 11.8. The van der Waals surface area contributed by atoms with Crippen molar-refractivity contribution in [3.63, 3.8) is 0 Å². The average Bonchev–Trinajstić information content (AvgIpc) is 3.27. The quantitative estimate of drug-likeness (QED) is 0.0510. The summed E-state index contributed by atoms with van der Waals surface area (Å²) in [6.07, 6.45) is 23.3. The number of carbonyl (C=O) groups is 2. The predicted octanol–water partition coefficient (Wildman–Crippen LogP) is 7.11. The van der Waals surface area contributed by atoms with Crippen LogP contribution >= 0.6 is 7.82 Å². The number of phosphoric acid groups is 1. The molecule has 0 spiro atoms. The fraction of sp³-hybridized carbons (Fsp3) is 0.697. The predicted molar refractivity (Wildman–Crippen MR) is 168 cm³/mol. The highest BCUT2D eigenvalue weighted by Gasteiger charge is 2.24. The Morgan fingerprint density at radius 2 is 1.05 bits per heavy atom. The van der Waals surface area contributed by atoms with Crippen LogP contribution in [-0.4, -0.2) is 57.2 Å². The number of amides is 2. The monoisotopic (exact) mass is 606 g/mol. The van der Waals surface area contributed by atoms with Crippen LogP contribution in [0.5, 0.6) is 0 Å². The minimum absolute atomic E-state index is 0.152. The number of hydrogen-bond acceptors (Lipinski definition) is 6. The lowest BCUT2D eigenvalue weighted by molar-refractivity contribution is -0.870. The van der Waals surface area contributed by atoms with E-state index in [2.05, 4.69) is 0 Å². The third-order valence-corrected chi connectivity index (χ3v) is 8.62. The van der Waals surface area contributed by atoms with Crippen LogP contribution < -0.4 is 9.79 Å². The van der Waals surface area contributed by atoms with Crippen LogP contribution in [0.4, 0.5) is 5.69 Å². The molecule has 42 heavy (non-hydrogen) atoms. The maximum Gasteiger partial charge on any atom is 0.268 e. The van der Waals surface area contributed by atoms with Crippen molar-refractivity contribution in [2.24, 2.45) is 0 Å². The van der Waals surface area contributed by atoms with Crippen LogP contribution in [0, 0.1) is 0 Å². The lowest BCUT2D eigenvalue weighted by Gasteiger charge is -2.27. The van der Waals surface area contributed by atoms with Crippen molar-refractivity contribution in [3.05, 3.63) is 42.0 Å². The Labute approximate surface area is 254 Å². The first-order valence-electron chi connectivity index (χ1n) is 16.1. The van der Waals surface area contributed by atoms with E-state index >= 15 is 0 Å². The van der Waals surface area contributed by atoms with Crippen molar-refractivity contribution in [3.8, 4) is 0 Å². The van der Waals surface area contributed by atoms with Gasteiger partial charge >= 0.3 is 0 Å². The Hall–Kier alpha value is -1.83. The molecule has 1 aromatic carbocycles. The summed E-state index contributed by atoms with van der Waals surface area (Å²) >= 11 is 0. The van der Waals surface area contributed by atoms with Crippen LogP contribution in [-0.2, 0) is 29.6 Å². The normalized spacial score (nSPS) is 15.1. The van der Waals surface area contributed by atoms with Gasteiger partial charge in [0.25, 0.3) is 19.6 Å². The molecular formula is C33H55N2O6P. The number of benzene rings is 1. The van der Waals surface area contributed by atoms with Crippen LogP contribution in [0.1, 0.15) is 108 Å². The second-order valence-corrected chi connectivity index (χ2v) is 14.0. The number of unbranched alkanes of at least 4 members (excludes halogenated alkanes) is 15. The standard InChI is InChI=1S/C33H55N2O6P/c1-35(2,3)27-29-41-42(38,39)40-28-19-17-15-13-11-9-7-5-4-6-8-10-12-14-16-18-20-30-21-23-31(24-22-30)34-32(36)25-26-33(34)37/h21-26H,4-20,27-29H2,1-3H3. The van der Waals surface area contributed by atoms with E-state index in [0.29, 0.717) is 16.7 Å². The van der Waals surface area contributed by atoms with E-state index in [1.807, 2.05) is 45.4 Å². The zero-order chi connectivity index (χ0) is 30.7. The van der Waals surface area contributed by atoms with Crippen LogP contribution in [0.15, 0.2) is 36.4 Å². The average molecular weight is 607 g/mol. The molecule has 1 aromatic rings. The van der Waals surface area contributed by atoms with E-state index in [-0.39, 0.29) is 25.0 Å². The van der Waals surface area contributed by atoms with E-state index in [4.69, 9.17) is 9.05 Å². The highest BCUT2D eigenvalue weighted by atomic mass is 31.2. The second-order valence-electron chi connectivity index (χ2n) is 12.5. The molecule has 9 heteroatoms. The minimum Gasteiger partial charge on any atom is -0.756 e. The number of phosphoric ester groups is 1. The number of likely N-dealkylation sites (N-methyl/N-ethyl adjacent to an activating group) is 1. The first kappa shape index (κ1) is 36.4. The van der Waals surface area contributed by atoms with Crippen molar-refractivity contribution < 1.29 is 32.6 Å². The molecule has 0 aromatic heterocycles. The molecule has 1 atom stereocenters. The van der Waals surface area contributed by atoms with E-state index in [1.54, 1.807) is 0 Å².